The number of anilines is 1. The standard InChI is InChI=1S/C15H23N5O3/c21-14(16-3-4-19-5-9-22-10-6-19)13-1-2-17-15(18-13)20-7-11-23-12-8-20/h1-2H,3-12H2,(H,16,21). The van der Waals surface area contributed by atoms with E-state index in [1.54, 1.807) is 12.3 Å². The van der Waals surface area contributed by atoms with Crippen LogP contribution in [0.3, 0.4) is 0 Å². The van der Waals surface area contributed by atoms with Crippen molar-refractivity contribution in [3.8, 4) is 0 Å². The van der Waals surface area contributed by atoms with Crippen molar-refractivity contribution in [2.75, 3.05) is 70.6 Å². The van der Waals surface area contributed by atoms with Crippen LogP contribution in [0.1, 0.15) is 10.5 Å². The predicted molar refractivity (Wildman–Crippen MR) is 84.7 cm³/mol. The molecular formula is C15H23N5O3. The zero-order valence-corrected chi connectivity index (χ0v) is 13.2. The van der Waals surface area contributed by atoms with Crippen molar-refractivity contribution in [1.82, 2.24) is 20.2 Å². The Morgan fingerprint density at radius 3 is 2.57 bits per heavy atom. The van der Waals surface area contributed by atoms with Crippen LogP contribution in [0, 0.1) is 0 Å². The highest BCUT2D eigenvalue weighted by molar-refractivity contribution is 5.92. The topological polar surface area (TPSA) is 79.8 Å². The van der Waals surface area contributed by atoms with E-state index in [2.05, 4.69) is 20.2 Å². The highest BCUT2D eigenvalue weighted by atomic mass is 16.5. The van der Waals surface area contributed by atoms with Gasteiger partial charge in [0.05, 0.1) is 26.4 Å². The van der Waals surface area contributed by atoms with Crippen LogP contribution >= 0.6 is 0 Å². The van der Waals surface area contributed by atoms with Crippen LogP contribution in [0.5, 0.6) is 0 Å². The van der Waals surface area contributed by atoms with Crippen molar-refractivity contribution in [3.05, 3.63) is 18.0 Å². The lowest BCUT2D eigenvalue weighted by molar-refractivity contribution is 0.0383. The fourth-order valence-corrected chi connectivity index (χ4v) is 2.63. The second-order valence-electron chi connectivity index (χ2n) is 5.55. The average molecular weight is 321 g/mol. The molecule has 2 saturated heterocycles. The lowest BCUT2D eigenvalue weighted by Crippen LogP contribution is -2.41. The molecule has 2 aliphatic rings. The number of nitrogens with zero attached hydrogens (tertiary/aromatic N) is 4. The third-order valence-corrected chi connectivity index (χ3v) is 3.99. The summed E-state index contributed by atoms with van der Waals surface area (Å²) in [5.41, 5.74) is 0.406. The first-order valence-corrected chi connectivity index (χ1v) is 8.07. The Morgan fingerprint density at radius 1 is 1.13 bits per heavy atom. The monoisotopic (exact) mass is 321 g/mol. The molecule has 3 rings (SSSR count). The van der Waals surface area contributed by atoms with Gasteiger partial charge in [-0.1, -0.05) is 0 Å². The van der Waals surface area contributed by atoms with Crippen molar-refractivity contribution in [2.24, 2.45) is 0 Å². The van der Waals surface area contributed by atoms with Crippen LogP contribution in [0.2, 0.25) is 0 Å². The van der Waals surface area contributed by atoms with Crippen LogP contribution in [-0.2, 0) is 9.47 Å². The summed E-state index contributed by atoms with van der Waals surface area (Å²) < 4.78 is 10.6. The van der Waals surface area contributed by atoms with E-state index in [1.165, 1.54) is 0 Å². The minimum atomic E-state index is -0.157. The molecule has 1 aromatic heterocycles. The summed E-state index contributed by atoms with van der Waals surface area (Å²) in [4.78, 5) is 25.2. The molecule has 0 unspecified atom stereocenters. The Morgan fingerprint density at radius 2 is 1.83 bits per heavy atom. The molecule has 0 aliphatic carbocycles. The van der Waals surface area contributed by atoms with Gasteiger partial charge in [0, 0.05) is 45.5 Å². The van der Waals surface area contributed by atoms with Gasteiger partial charge in [-0.2, -0.15) is 0 Å². The first kappa shape index (κ1) is 16.1. The number of morpholine rings is 2. The van der Waals surface area contributed by atoms with E-state index >= 15 is 0 Å². The number of ether oxygens (including phenoxy) is 2. The summed E-state index contributed by atoms with van der Waals surface area (Å²) in [6.07, 6.45) is 1.63. The summed E-state index contributed by atoms with van der Waals surface area (Å²) in [5, 5.41) is 2.92. The maximum Gasteiger partial charge on any atom is 0.270 e. The smallest absolute Gasteiger partial charge is 0.270 e. The number of amides is 1. The zero-order chi connectivity index (χ0) is 15.9. The highest BCUT2D eigenvalue weighted by Crippen LogP contribution is 2.09. The first-order valence-electron chi connectivity index (χ1n) is 8.07. The van der Waals surface area contributed by atoms with Gasteiger partial charge >= 0.3 is 0 Å². The van der Waals surface area contributed by atoms with Gasteiger partial charge in [0.1, 0.15) is 5.69 Å². The summed E-state index contributed by atoms with van der Waals surface area (Å²) in [6.45, 7) is 7.65. The van der Waals surface area contributed by atoms with Crippen molar-refractivity contribution < 1.29 is 14.3 Å². The molecule has 1 amide bonds. The molecule has 126 valence electrons. The molecule has 3 heterocycles. The maximum absolute atomic E-state index is 12.2. The van der Waals surface area contributed by atoms with Gasteiger partial charge in [0.15, 0.2) is 0 Å². The van der Waals surface area contributed by atoms with Crippen LogP contribution < -0.4 is 10.2 Å². The zero-order valence-electron chi connectivity index (χ0n) is 13.2. The van der Waals surface area contributed by atoms with E-state index in [1.807, 2.05) is 4.90 Å². The third-order valence-electron chi connectivity index (χ3n) is 3.99. The van der Waals surface area contributed by atoms with Gasteiger partial charge in [-0.05, 0) is 6.07 Å². The number of carbonyl (C=O) groups excluding carboxylic acids is 1. The van der Waals surface area contributed by atoms with Gasteiger partial charge in [-0.15, -0.1) is 0 Å². The van der Waals surface area contributed by atoms with Crippen LogP contribution in [0.4, 0.5) is 5.95 Å². The summed E-state index contributed by atoms with van der Waals surface area (Å²) >= 11 is 0. The Kier molecular flexibility index (Phi) is 5.73. The van der Waals surface area contributed by atoms with Crippen LogP contribution in [-0.4, -0.2) is 86.5 Å². The molecule has 0 spiro atoms. The van der Waals surface area contributed by atoms with Crippen LogP contribution in [0.15, 0.2) is 12.3 Å². The molecule has 1 aromatic rings. The molecule has 1 N–H and O–H groups in total. The van der Waals surface area contributed by atoms with Crippen molar-refractivity contribution in [2.45, 2.75) is 0 Å². The van der Waals surface area contributed by atoms with Crippen molar-refractivity contribution in [3.63, 3.8) is 0 Å². The van der Waals surface area contributed by atoms with Gasteiger partial charge < -0.3 is 19.7 Å². The predicted octanol–water partition coefficient (Wildman–Crippen LogP) is -0.625. The second kappa shape index (κ2) is 8.19. The lowest BCUT2D eigenvalue weighted by Gasteiger charge is -2.27. The number of hydrogen-bond acceptors (Lipinski definition) is 7. The van der Waals surface area contributed by atoms with Gasteiger partial charge in [0.25, 0.3) is 5.91 Å². The Balaban J connectivity index is 1.50. The molecule has 2 fully saturated rings. The lowest BCUT2D eigenvalue weighted by atomic mass is 10.3. The van der Waals surface area contributed by atoms with Gasteiger partial charge in [-0.25, -0.2) is 9.97 Å². The van der Waals surface area contributed by atoms with Crippen molar-refractivity contribution >= 4 is 11.9 Å². The Hall–Kier alpha value is -1.77. The largest absolute Gasteiger partial charge is 0.379 e. The highest BCUT2D eigenvalue weighted by Gasteiger charge is 2.16. The summed E-state index contributed by atoms with van der Waals surface area (Å²) in [6, 6.07) is 1.65. The minimum Gasteiger partial charge on any atom is -0.379 e. The Labute approximate surface area is 135 Å². The molecule has 23 heavy (non-hydrogen) atoms. The number of aromatic nitrogens is 2. The van der Waals surface area contributed by atoms with E-state index in [9.17, 15) is 4.79 Å². The molecule has 8 nitrogen and oxygen atoms in total. The molecule has 0 atom stereocenters. The third kappa shape index (κ3) is 4.60. The molecular weight excluding hydrogens is 298 g/mol. The molecule has 8 heteroatoms. The van der Waals surface area contributed by atoms with E-state index < -0.39 is 0 Å². The average Bonchev–Trinajstić information content (AvgIpc) is 2.63. The van der Waals surface area contributed by atoms with Gasteiger partial charge in [-0.3, -0.25) is 9.69 Å². The minimum absolute atomic E-state index is 0.157. The van der Waals surface area contributed by atoms with Crippen LogP contribution in [0.25, 0.3) is 0 Å². The molecule has 2 aliphatic heterocycles. The molecule has 0 bridgehead atoms. The summed E-state index contributed by atoms with van der Waals surface area (Å²) in [7, 11) is 0. The van der Waals surface area contributed by atoms with Gasteiger partial charge in [0.2, 0.25) is 5.95 Å². The second-order valence-corrected chi connectivity index (χ2v) is 5.55. The first-order chi connectivity index (χ1) is 11.3. The van der Waals surface area contributed by atoms with Crippen molar-refractivity contribution in [1.29, 1.82) is 0 Å². The molecule has 0 saturated carbocycles. The maximum atomic E-state index is 12.2. The normalized spacial score (nSPS) is 19.6. The molecule has 0 radical (unpaired) electrons. The van der Waals surface area contributed by atoms with E-state index in [-0.39, 0.29) is 5.91 Å². The fourth-order valence-electron chi connectivity index (χ4n) is 2.63. The quantitative estimate of drug-likeness (QED) is 0.774. The SMILES string of the molecule is O=C(NCCN1CCOCC1)c1ccnc(N2CCOCC2)n1. The molecule has 0 aromatic carbocycles. The summed E-state index contributed by atoms with van der Waals surface area (Å²) in [5.74, 6) is 0.435. The Bertz CT molecular complexity index is 516. The number of nitrogens with one attached hydrogen (secondary N) is 1. The van der Waals surface area contributed by atoms with E-state index in [4.69, 9.17) is 9.47 Å². The number of hydrogen-bond donors (Lipinski definition) is 1. The van der Waals surface area contributed by atoms with E-state index in [0.717, 1.165) is 45.9 Å². The van der Waals surface area contributed by atoms with E-state index in [0.29, 0.717) is 31.4 Å². The number of carbonyl (C=O) groups is 1. The number of rotatable bonds is 5. The fraction of sp³-hybridized carbons (Fsp3) is 0.667.